The molecule has 0 aromatic carbocycles. The minimum absolute atomic E-state index is 0.764. The van der Waals surface area contributed by atoms with Gasteiger partial charge in [0.1, 0.15) is 10.0 Å². The summed E-state index contributed by atoms with van der Waals surface area (Å²) in [6, 6.07) is 2.05. The molecule has 0 fully saturated rings. The lowest BCUT2D eigenvalue weighted by Gasteiger charge is -1.89. The summed E-state index contributed by atoms with van der Waals surface area (Å²) < 4.78 is 2.18. The smallest absolute Gasteiger partial charge is 0.149 e. The molecule has 0 aliphatic rings. The molecule has 0 unspecified atom stereocenters. The van der Waals surface area contributed by atoms with E-state index in [0.29, 0.717) is 0 Å². The van der Waals surface area contributed by atoms with Crippen molar-refractivity contribution in [3.05, 3.63) is 18.6 Å². The molecule has 2 aromatic heterocycles. The highest BCUT2D eigenvalue weighted by Crippen LogP contribution is 2.39. The number of nitrogens with one attached hydrogen (secondary N) is 1. The van der Waals surface area contributed by atoms with E-state index in [1.54, 1.807) is 22.7 Å². The summed E-state index contributed by atoms with van der Waals surface area (Å²) in [5.74, 6) is 0. The molecule has 7 heteroatoms. The molecular formula is C8H7Br2N3S2. The molecule has 0 radical (unpaired) electrons. The van der Waals surface area contributed by atoms with Gasteiger partial charge in [0.05, 0.1) is 7.57 Å². The third-order valence-corrected chi connectivity index (χ3v) is 4.98. The molecule has 0 saturated carbocycles. The van der Waals surface area contributed by atoms with Crippen molar-refractivity contribution >= 4 is 54.5 Å². The Bertz CT molecular complexity index is 466. The van der Waals surface area contributed by atoms with Gasteiger partial charge in [-0.15, -0.1) is 21.5 Å². The molecule has 0 bridgehead atoms. The predicted molar refractivity (Wildman–Crippen MR) is 71.4 cm³/mol. The van der Waals surface area contributed by atoms with Crippen molar-refractivity contribution in [3.8, 4) is 10.6 Å². The second kappa shape index (κ2) is 5.01. The zero-order valence-corrected chi connectivity index (χ0v) is 12.6. The minimum Gasteiger partial charge on any atom is -0.313 e. The van der Waals surface area contributed by atoms with Gasteiger partial charge >= 0.3 is 0 Å². The van der Waals surface area contributed by atoms with E-state index in [1.165, 1.54) is 0 Å². The number of hydrogen-bond donors (Lipinski definition) is 1. The van der Waals surface area contributed by atoms with Crippen LogP contribution in [0.1, 0.15) is 5.01 Å². The number of hydrogen-bond acceptors (Lipinski definition) is 5. The first kappa shape index (κ1) is 11.7. The first-order valence-corrected chi connectivity index (χ1v) is 7.35. The molecule has 0 spiro atoms. The van der Waals surface area contributed by atoms with Crippen LogP contribution in [-0.4, -0.2) is 17.2 Å². The maximum Gasteiger partial charge on any atom is 0.149 e. The van der Waals surface area contributed by atoms with E-state index >= 15 is 0 Å². The Morgan fingerprint density at radius 1 is 1.33 bits per heavy atom. The van der Waals surface area contributed by atoms with Gasteiger partial charge in [-0.25, -0.2) is 0 Å². The zero-order valence-electron chi connectivity index (χ0n) is 7.75. The first-order valence-electron chi connectivity index (χ1n) is 4.13. The first-order chi connectivity index (χ1) is 7.20. The van der Waals surface area contributed by atoms with Gasteiger partial charge in [-0.05, 0) is 45.0 Å². The molecule has 80 valence electrons. The van der Waals surface area contributed by atoms with Crippen LogP contribution < -0.4 is 5.32 Å². The average Bonchev–Trinajstić information content (AvgIpc) is 2.73. The lowest BCUT2D eigenvalue weighted by atomic mass is 10.4. The number of nitrogens with zero attached hydrogens (tertiary/aromatic N) is 2. The fraction of sp³-hybridized carbons (Fsp3) is 0.250. The van der Waals surface area contributed by atoms with Gasteiger partial charge in [0, 0.05) is 12.1 Å². The largest absolute Gasteiger partial charge is 0.313 e. The fourth-order valence-electron chi connectivity index (χ4n) is 1.07. The quantitative estimate of drug-likeness (QED) is 0.900. The van der Waals surface area contributed by atoms with E-state index in [-0.39, 0.29) is 0 Å². The number of halogens is 2. The molecule has 15 heavy (non-hydrogen) atoms. The molecule has 3 nitrogen and oxygen atoms in total. The highest BCUT2D eigenvalue weighted by molar-refractivity contribution is 9.12. The molecule has 1 N–H and O–H groups in total. The molecule has 2 heterocycles. The summed E-state index contributed by atoms with van der Waals surface area (Å²) in [5.41, 5.74) is 1.10. The third-order valence-electron chi connectivity index (χ3n) is 1.68. The molecule has 0 saturated heterocycles. The third kappa shape index (κ3) is 2.65. The second-order valence-electron chi connectivity index (χ2n) is 2.77. The minimum atomic E-state index is 0.764. The van der Waals surface area contributed by atoms with Crippen LogP contribution in [0.3, 0.4) is 0 Å². The summed E-state index contributed by atoms with van der Waals surface area (Å²) in [5, 5.41) is 13.3. The zero-order chi connectivity index (χ0) is 10.8. The predicted octanol–water partition coefficient (Wildman–Crippen LogP) is 3.51. The maximum atomic E-state index is 4.16. The van der Waals surface area contributed by atoms with Gasteiger partial charge in [-0.3, -0.25) is 0 Å². The van der Waals surface area contributed by atoms with Crippen LogP contribution in [0.25, 0.3) is 10.6 Å². The van der Waals surface area contributed by atoms with Crippen LogP contribution in [-0.2, 0) is 6.54 Å². The average molecular weight is 369 g/mol. The van der Waals surface area contributed by atoms with Gasteiger partial charge in [0.15, 0.2) is 0 Å². The molecule has 0 aliphatic carbocycles. The summed E-state index contributed by atoms with van der Waals surface area (Å²) in [6.07, 6.45) is 0. The number of thiophene rings is 1. The van der Waals surface area contributed by atoms with Crippen molar-refractivity contribution in [2.75, 3.05) is 7.05 Å². The van der Waals surface area contributed by atoms with E-state index < -0.39 is 0 Å². The topological polar surface area (TPSA) is 37.8 Å². The van der Waals surface area contributed by atoms with Gasteiger partial charge < -0.3 is 5.32 Å². The maximum absolute atomic E-state index is 4.16. The van der Waals surface area contributed by atoms with Crippen LogP contribution in [0.2, 0.25) is 0 Å². The van der Waals surface area contributed by atoms with Crippen molar-refractivity contribution in [2.24, 2.45) is 0 Å². The standard InChI is InChI=1S/C8H7Br2N3S2/c1-11-3-6-12-13-8(15-6)4-2-5(9)14-7(4)10/h2,11H,3H2,1H3. The lowest BCUT2D eigenvalue weighted by molar-refractivity contribution is 0.795. The Morgan fingerprint density at radius 3 is 2.73 bits per heavy atom. The van der Waals surface area contributed by atoms with E-state index in [0.717, 1.165) is 29.7 Å². The summed E-state index contributed by atoms with van der Waals surface area (Å²) in [7, 11) is 1.90. The molecule has 2 aromatic rings. The Kier molecular flexibility index (Phi) is 3.89. The molecule has 0 aliphatic heterocycles. The van der Waals surface area contributed by atoms with E-state index in [1.807, 2.05) is 7.05 Å². The second-order valence-corrected chi connectivity index (χ2v) is 7.58. The van der Waals surface area contributed by atoms with Crippen molar-refractivity contribution in [1.29, 1.82) is 0 Å². The Hall–Kier alpha value is 0.180. The summed E-state index contributed by atoms with van der Waals surface area (Å²) >= 11 is 10.2. The Morgan fingerprint density at radius 2 is 2.13 bits per heavy atom. The Balaban J connectivity index is 2.32. The van der Waals surface area contributed by atoms with Gasteiger partial charge in [0.25, 0.3) is 0 Å². The Labute approximate surface area is 112 Å². The number of aromatic nitrogens is 2. The summed E-state index contributed by atoms with van der Waals surface area (Å²) in [4.78, 5) is 0. The van der Waals surface area contributed by atoms with Crippen molar-refractivity contribution < 1.29 is 0 Å². The summed E-state index contributed by atoms with van der Waals surface area (Å²) in [6.45, 7) is 0.764. The van der Waals surface area contributed by atoms with E-state index in [4.69, 9.17) is 0 Å². The van der Waals surface area contributed by atoms with E-state index in [9.17, 15) is 0 Å². The van der Waals surface area contributed by atoms with Crippen LogP contribution >= 0.6 is 54.5 Å². The lowest BCUT2D eigenvalue weighted by Crippen LogP contribution is -2.04. The van der Waals surface area contributed by atoms with Crippen LogP contribution in [0, 0.1) is 0 Å². The normalized spacial score (nSPS) is 10.9. The van der Waals surface area contributed by atoms with Crippen molar-refractivity contribution in [2.45, 2.75) is 6.54 Å². The fourth-order valence-corrected chi connectivity index (χ4v) is 4.95. The molecule has 0 amide bonds. The van der Waals surface area contributed by atoms with Crippen molar-refractivity contribution in [1.82, 2.24) is 15.5 Å². The molecule has 0 atom stereocenters. The monoisotopic (exact) mass is 367 g/mol. The van der Waals surface area contributed by atoms with Gasteiger partial charge in [0.2, 0.25) is 0 Å². The number of rotatable bonds is 3. The SMILES string of the molecule is CNCc1nnc(-c2cc(Br)sc2Br)s1. The highest BCUT2D eigenvalue weighted by Gasteiger charge is 2.12. The van der Waals surface area contributed by atoms with Crippen molar-refractivity contribution in [3.63, 3.8) is 0 Å². The van der Waals surface area contributed by atoms with Crippen LogP contribution in [0.4, 0.5) is 0 Å². The van der Waals surface area contributed by atoms with Gasteiger partial charge in [-0.1, -0.05) is 11.3 Å². The highest BCUT2D eigenvalue weighted by atomic mass is 79.9. The molecule has 2 rings (SSSR count). The van der Waals surface area contributed by atoms with Gasteiger partial charge in [-0.2, -0.15) is 0 Å². The molecular weight excluding hydrogens is 362 g/mol. The van der Waals surface area contributed by atoms with Crippen LogP contribution in [0.5, 0.6) is 0 Å². The van der Waals surface area contributed by atoms with E-state index in [2.05, 4.69) is 53.4 Å². The van der Waals surface area contributed by atoms with Crippen LogP contribution in [0.15, 0.2) is 13.6 Å².